The van der Waals surface area contributed by atoms with Gasteiger partial charge in [-0.15, -0.1) is 0 Å². The van der Waals surface area contributed by atoms with Gasteiger partial charge in [0.15, 0.2) is 0 Å². The van der Waals surface area contributed by atoms with Gasteiger partial charge in [-0.25, -0.2) is 0 Å². The van der Waals surface area contributed by atoms with Crippen LogP contribution >= 0.6 is 15.9 Å². The van der Waals surface area contributed by atoms with E-state index < -0.39 is 0 Å². The number of rotatable bonds is 2. The van der Waals surface area contributed by atoms with Crippen LogP contribution in [0.1, 0.15) is 6.42 Å². The van der Waals surface area contributed by atoms with Gasteiger partial charge in [-0.1, -0.05) is 15.9 Å². The van der Waals surface area contributed by atoms with E-state index in [1.165, 1.54) is 0 Å². The number of hydrogen-bond acceptors (Lipinski definition) is 2. The zero-order chi connectivity index (χ0) is 6.69. The molecule has 0 aliphatic carbocycles. The Hall–Kier alpha value is 0.110. The Morgan fingerprint density at radius 1 is 1.78 bits per heavy atom. The zero-order valence-corrected chi connectivity index (χ0v) is 6.69. The standard InChI is InChI=1S/C6H9BrO2/c7-3-6(8)5-1-2-9-4-5/h5H,1-4H2/t5-/m1/s1. The first-order chi connectivity index (χ1) is 4.34. The highest BCUT2D eigenvalue weighted by Gasteiger charge is 2.21. The molecule has 0 amide bonds. The van der Waals surface area contributed by atoms with Crippen LogP contribution in [0.25, 0.3) is 0 Å². The van der Waals surface area contributed by atoms with Crippen LogP contribution in [0.4, 0.5) is 0 Å². The summed E-state index contributed by atoms with van der Waals surface area (Å²) in [5, 5.41) is 0.473. The van der Waals surface area contributed by atoms with Gasteiger partial charge in [0, 0.05) is 12.5 Å². The summed E-state index contributed by atoms with van der Waals surface area (Å²) in [6.45, 7) is 1.38. The number of hydrogen-bond donors (Lipinski definition) is 0. The molecule has 0 aromatic heterocycles. The number of ketones is 1. The second-order valence-corrected chi connectivity index (χ2v) is 2.72. The van der Waals surface area contributed by atoms with Crippen molar-refractivity contribution in [2.24, 2.45) is 5.92 Å². The lowest BCUT2D eigenvalue weighted by molar-refractivity contribution is -0.120. The number of Topliss-reactive ketones (excluding diaryl/α,β-unsaturated/α-hetero) is 1. The summed E-state index contributed by atoms with van der Waals surface area (Å²) in [4.78, 5) is 10.9. The normalized spacial score (nSPS) is 26.6. The third kappa shape index (κ3) is 1.76. The molecule has 1 atom stereocenters. The first kappa shape index (κ1) is 7.22. The summed E-state index contributed by atoms with van der Waals surface area (Å²) >= 11 is 3.12. The van der Waals surface area contributed by atoms with E-state index in [0.29, 0.717) is 11.9 Å². The highest BCUT2D eigenvalue weighted by molar-refractivity contribution is 9.09. The smallest absolute Gasteiger partial charge is 0.148 e. The predicted molar refractivity (Wildman–Crippen MR) is 37.7 cm³/mol. The van der Waals surface area contributed by atoms with E-state index in [0.717, 1.165) is 13.0 Å². The maximum atomic E-state index is 10.9. The van der Waals surface area contributed by atoms with Gasteiger partial charge in [0.1, 0.15) is 5.78 Å². The molecular formula is C6H9BrO2. The van der Waals surface area contributed by atoms with Gasteiger partial charge >= 0.3 is 0 Å². The van der Waals surface area contributed by atoms with Crippen molar-refractivity contribution in [1.82, 2.24) is 0 Å². The second-order valence-electron chi connectivity index (χ2n) is 2.16. The van der Waals surface area contributed by atoms with Gasteiger partial charge in [-0.2, -0.15) is 0 Å². The molecule has 1 rings (SSSR count). The van der Waals surface area contributed by atoms with Crippen molar-refractivity contribution in [2.45, 2.75) is 6.42 Å². The van der Waals surface area contributed by atoms with Gasteiger partial charge in [-0.3, -0.25) is 4.79 Å². The number of ether oxygens (including phenoxy) is 1. The molecule has 1 heterocycles. The van der Waals surface area contributed by atoms with Crippen molar-refractivity contribution >= 4 is 21.7 Å². The van der Waals surface area contributed by atoms with E-state index in [9.17, 15) is 4.79 Å². The summed E-state index contributed by atoms with van der Waals surface area (Å²) in [7, 11) is 0. The molecule has 0 bridgehead atoms. The minimum absolute atomic E-state index is 0.171. The van der Waals surface area contributed by atoms with Crippen LogP contribution < -0.4 is 0 Å². The van der Waals surface area contributed by atoms with E-state index in [1.807, 2.05) is 0 Å². The fraction of sp³-hybridized carbons (Fsp3) is 0.833. The summed E-state index contributed by atoms with van der Waals surface area (Å²) in [6.07, 6.45) is 0.907. The molecule has 0 saturated carbocycles. The topological polar surface area (TPSA) is 26.3 Å². The Bertz CT molecular complexity index is 108. The number of carbonyl (C=O) groups excluding carboxylic acids is 1. The first-order valence-corrected chi connectivity index (χ1v) is 4.13. The molecule has 0 radical (unpaired) electrons. The Morgan fingerprint density at radius 3 is 3.00 bits per heavy atom. The first-order valence-electron chi connectivity index (χ1n) is 3.01. The van der Waals surface area contributed by atoms with Crippen molar-refractivity contribution in [2.75, 3.05) is 18.5 Å². The molecule has 3 heteroatoms. The molecule has 2 nitrogen and oxygen atoms in total. The van der Waals surface area contributed by atoms with E-state index in [4.69, 9.17) is 4.74 Å². The molecule has 1 aliphatic rings. The predicted octanol–water partition coefficient (Wildman–Crippen LogP) is 0.987. The minimum Gasteiger partial charge on any atom is -0.381 e. The van der Waals surface area contributed by atoms with Gasteiger partial charge in [0.05, 0.1) is 11.9 Å². The van der Waals surface area contributed by atoms with Crippen LogP contribution in [0.5, 0.6) is 0 Å². The molecule has 0 spiro atoms. The van der Waals surface area contributed by atoms with Crippen molar-refractivity contribution < 1.29 is 9.53 Å². The molecule has 9 heavy (non-hydrogen) atoms. The van der Waals surface area contributed by atoms with Crippen molar-refractivity contribution in [1.29, 1.82) is 0 Å². The van der Waals surface area contributed by atoms with Crippen LogP contribution in [-0.4, -0.2) is 24.3 Å². The third-order valence-electron chi connectivity index (χ3n) is 1.52. The molecule has 0 N–H and O–H groups in total. The van der Waals surface area contributed by atoms with Crippen LogP contribution in [0.3, 0.4) is 0 Å². The Labute approximate surface area is 62.7 Å². The molecule has 0 aromatic carbocycles. The lowest BCUT2D eigenvalue weighted by Crippen LogP contribution is -2.14. The van der Waals surface area contributed by atoms with E-state index in [2.05, 4.69) is 15.9 Å². The largest absolute Gasteiger partial charge is 0.381 e. The lowest BCUT2D eigenvalue weighted by Gasteiger charge is -2.00. The fourth-order valence-corrected chi connectivity index (χ4v) is 1.36. The molecule has 1 fully saturated rings. The van der Waals surface area contributed by atoms with E-state index in [1.54, 1.807) is 0 Å². The van der Waals surface area contributed by atoms with Crippen LogP contribution in [0.2, 0.25) is 0 Å². The maximum absolute atomic E-state index is 10.9. The fourth-order valence-electron chi connectivity index (χ4n) is 0.898. The highest BCUT2D eigenvalue weighted by Crippen LogP contribution is 2.13. The third-order valence-corrected chi connectivity index (χ3v) is 2.07. The monoisotopic (exact) mass is 192 g/mol. The van der Waals surface area contributed by atoms with Gasteiger partial charge in [0.2, 0.25) is 0 Å². The van der Waals surface area contributed by atoms with Crippen molar-refractivity contribution in [3.63, 3.8) is 0 Å². The summed E-state index contributed by atoms with van der Waals surface area (Å²) in [5.74, 6) is 0.442. The summed E-state index contributed by atoms with van der Waals surface area (Å²) < 4.78 is 5.04. The summed E-state index contributed by atoms with van der Waals surface area (Å²) in [6, 6.07) is 0. The average Bonchev–Trinajstić information content (AvgIpc) is 2.37. The van der Waals surface area contributed by atoms with Gasteiger partial charge in [-0.05, 0) is 6.42 Å². The number of alkyl halides is 1. The minimum atomic E-state index is 0.171. The zero-order valence-electron chi connectivity index (χ0n) is 5.10. The second kappa shape index (κ2) is 3.32. The van der Waals surface area contributed by atoms with Crippen LogP contribution in [0, 0.1) is 5.92 Å². The molecule has 0 aromatic rings. The average molecular weight is 193 g/mol. The summed E-state index contributed by atoms with van der Waals surface area (Å²) in [5.41, 5.74) is 0. The molecule has 0 unspecified atom stereocenters. The van der Waals surface area contributed by atoms with E-state index in [-0.39, 0.29) is 11.7 Å². The SMILES string of the molecule is O=C(CBr)[C@@H]1CCOC1. The van der Waals surface area contributed by atoms with Crippen molar-refractivity contribution in [3.05, 3.63) is 0 Å². The van der Waals surface area contributed by atoms with Gasteiger partial charge in [0.25, 0.3) is 0 Å². The van der Waals surface area contributed by atoms with Crippen molar-refractivity contribution in [3.8, 4) is 0 Å². The van der Waals surface area contributed by atoms with Gasteiger partial charge < -0.3 is 4.74 Å². The number of carbonyl (C=O) groups is 1. The highest BCUT2D eigenvalue weighted by atomic mass is 79.9. The Balaban J connectivity index is 2.32. The van der Waals surface area contributed by atoms with E-state index >= 15 is 0 Å². The maximum Gasteiger partial charge on any atom is 0.148 e. The van der Waals surface area contributed by atoms with Crippen LogP contribution in [-0.2, 0) is 9.53 Å². The molecule has 1 aliphatic heterocycles. The Morgan fingerprint density at radius 2 is 2.56 bits per heavy atom. The quantitative estimate of drug-likeness (QED) is 0.611. The lowest BCUT2D eigenvalue weighted by atomic mass is 10.1. The molecular weight excluding hydrogens is 184 g/mol. The molecule has 52 valence electrons. The van der Waals surface area contributed by atoms with Crippen LogP contribution in [0.15, 0.2) is 0 Å². The number of halogens is 1. The Kier molecular flexibility index (Phi) is 2.66. The molecule has 1 saturated heterocycles.